The zero-order valence-corrected chi connectivity index (χ0v) is 24.5. The van der Waals surface area contributed by atoms with Crippen molar-refractivity contribution in [2.75, 3.05) is 13.2 Å². The van der Waals surface area contributed by atoms with Gasteiger partial charge in [-0.25, -0.2) is 0 Å². The lowest BCUT2D eigenvalue weighted by Gasteiger charge is -2.48. The molecule has 0 radical (unpaired) electrons. The molecule has 0 aliphatic heterocycles. The SMILES string of the molecule is CCCCCCCCOC1=C(C(C)(C)CC)CC(OCCCCCCCC)(C(C)(C)CC)C=C1. The van der Waals surface area contributed by atoms with Crippen LogP contribution in [0.2, 0.25) is 0 Å². The summed E-state index contributed by atoms with van der Waals surface area (Å²) in [4.78, 5) is 0. The Hall–Kier alpha value is -0.760. The number of hydrogen-bond acceptors (Lipinski definition) is 2. The average Bonchev–Trinajstić information content (AvgIpc) is 2.83. The van der Waals surface area contributed by atoms with Crippen LogP contribution in [-0.2, 0) is 9.47 Å². The van der Waals surface area contributed by atoms with Crippen molar-refractivity contribution in [3.8, 4) is 0 Å². The van der Waals surface area contributed by atoms with E-state index in [0.29, 0.717) is 0 Å². The van der Waals surface area contributed by atoms with Crippen molar-refractivity contribution in [3.05, 3.63) is 23.5 Å². The number of ether oxygens (including phenoxy) is 2. The second kappa shape index (κ2) is 16.1. The second-order valence-corrected chi connectivity index (χ2v) is 11.9. The van der Waals surface area contributed by atoms with Gasteiger partial charge in [0.25, 0.3) is 0 Å². The Morgan fingerprint density at radius 3 is 1.76 bits per heavy atom. The standard InChI is InChI=1S/C32H60O2/c1-9-13-15-17-19-21-25-33-29-23-24-32(31(7,8)12-4,27-28(29)30(5,6)11-3)34-26-22-20-18-16-14-10-2/h23-24H,9-22,25-27H2,1-8H3. The first-order valence-electron chi connectivity index (χ1n) is 14.9. The first-order valence-corrected chi connectivity index (χ1v) is 14.9. The molecule has 0 bridgehead atoms. The third-order valence-corrected chi connectivity index (χ3v) is 8.58. The average molecular weight is 477 g/mol. The molecule has 1 aliphatic carbocycles. The highest BCUT2D eigenvalue weighted by Crippen LogP contribution is 2.50. The van der Waals surface area contributed by atoms with Crippen LogP contribution in [-0.4, -0.2) is 18.8 Å². The van der Waals surface area contributed by atoms with Crippen molar-refractivity contribution in [1.29, 1.82) is 0 Å². The van der Waals surface area contributed by atoms with E-state index in [-0.39, 0.29) is 16.4 Å². The minimum absolute atomic E-state index is 0.0750. The first kappa shape index (κ1) is 31.3. The molecular formula is C32H60O2. The zero-order valence-electron chi connectivity index (χ0n) is 24.5. The largest absolute Gasteiger partial charge is 0.494 e. The highest BCUT2D eigenvalue weighted by Gasteiger charge is 2.47. The fourth-order valence-electron chi connectivity index (χ4n) is 4.90. The summed E-state index contributed by atoms with van der Waals surface area (Å²) in [6.45, 7) is 20.4. The molecule has 0 N–H and O–H groups in total. The normalized spacial score (nSPS) is 19.2. The van der Waals surface area contributed by atoms with Gasteiger partial charge in [0.2, 0.25) is 0 Å². The van der Waals surface area contributed by atoms with E-state index in [2.05, 4.69) is 67.5 Å². The maximum atomic E-state index is 6.86. The van der Waals surface area contributed by atoms with Gasteiger partial charge < -0.3 is 9.47 Å². The molecular weight excluding hydrogens is 416 g/mol. The molecule has 0 aromatic rings. The van der Waals surface area contributed by atoms with Crippen LogP contribution in [0.1, 0.15) is 152 Å². The van der Waals surface area contributed by atoms with Crippen molar-refractivity contribution in [2.45, 2.75) is 157 Å². The predicted molar refractivity (Wildman–Crippen MR) is 150 cm³/mol. The van der Waals surface area contributed by atoms with Gasteiger partial charge in [0, 0.05) is 13.0 Å². The van der Waals surface area contributed by atoms with Gasteiger partial charge in [0.1, 0.15) is 5.76 Å². The van der Waals surface area contributed by atoms with E-state index in [1.54, 1.807) is 0 Å². The lowest BCUT2D eigenvalue weighted by molar-refractivity contribution is -0.0950. The van der Waals surface area contributed by atoms with E-state index in [4.69, 9.17) is 9.47 Å². The molecule has 0 saturated carbocycles. The van der Waals surface area contributed by atoms with Crippen molar-refractivity contribution in [2.24, 2.45) is 10.8 Å². The topological polar surface area (TPSA) is 18.5 Å². The monoisotopic (exact) mass is 476 g/mol. The van der Waals surface area contributed by atoms with E-state index in [9.17, 15) is 0 Å². The Balaban J connectivity index is 2.90. The quantitative estimate of drug-likeness (QED) is 0.163. The number of rotatable bonds is 20. The highest BCUT2D eigenvalue weighted by molar-refractivity contribution is 5.36. The van der Waals surface area contributed by atoms with Crippen LogP contribution < -0.4 is 0 Å². The summed E-state index contributed by atoms with van der Waals surface area (Å²) in [6, 6.07) is 0. The molecule has 34 heavy (non-hydrogen) atoms. The van der Waals surface area contributed by atoms with Gasteiger partial charge >= 0.3 is 0 Å². The van der Waals surface area contributed by atoms with Gasteiger partial charge in [0.05, 0.1) is 12.2 Å². The Labute approximate surface area is 214 Å². The third-order valence-electron chi connectivity index (χ3n) is 8.58. The molecule has 0 spiro atoms. The van der Waals surface area contributed by atoms with Crippen molar-refractivity contribution in [1.82, 2.24) is 0 Å². The molecule has 0 aromatic heterocycles. The van der Waals surface area contributed by atoms with Crippen LogP contribution in [0, 0.1) is 10.8 Å². The van der Waals surface area contributed by atoms with Gasteiger partial charge in [0.15, 0.2) is 0 Å². The summed E-state index contributed by atoms with van der Waals surface area (Å²) in [5.74, 6) is 1.12. The molecule has 2 heteroatoms. The van der Waals surface area contributed by atoms with E-state index in [0.717, 1.165) is 51.1 Å². The van der Waals surface area contributed by atoms with Crippen molar-refractivity contribution >= 4 is 0 Å². The highest BCUT2D eigenvalue weighted by atomic mass is 16.5. The summed E-state index contributed by atoms with van der Waals surface area (Å²) in [5.41, 5.74) is 1.39. The van der Waals surface area contributed by atoms with Crippen LogP contribution in [0.3, 0.4) is 0 Å². The van der Waals surface area contributed by atoms with Gasteiger partial charge in [-0.2, -0.15) is 0 Å². The summed E-state index contributed by atoms with van der Waals surface area (Å²) in [5, 5.41) is 0. The summed E-state index contributed by atoms with van der Waals surface area (Å²) < 4.78 is 13.3. The van der Waals surface area contributed by atoms with Gasteiger partial charge in [-0.1, -0.05) is 120 Å². The third kappa shape index (κ3) is 9.71. The maximum absolute atomic E-state index is 6.86. The lowest BCUT2D eigenvalue weighted by Crippen LogP contribution is -2.48. The van der Waals surface area contributed by atoms with Crippen LogP contribution in [0.5, 0.6) is 0 Å². The number of hydrogen-bond donors (Lipinski definition) is 0. The zero-order chi connectivity index (χ0) is 25.5. The van der Waals surface area contributed by atoms with E-state index < -0.39 is 0 Å². The summed E-state index contributed by atoms with van der Waals surface area (Å²) in [7, 11) is 0. The molecule has 1 rings (SSSR count). The van der Waals surface area contributed by atoms with Crippen LogP contribution >= 0.6 is 0 Å². The van der Waals surface area contributed by atoms with Crippen molar-refractivity contribution < 1.29 is 9.47 Å². The second-order valence-electron chi connectivity index (χ2n) is 11.9. The molecule has 0 heterocycles. The van der Waals surface area contributed by atoms with E-state index >= 15 is 0 Å². The van der Waals surface area contributed by atoms with Gasteiger partial charge in [-0.15, -0.1) is 0 Å². The van der Waals surface area contributed by atoms with Crippen LogP contribution in [0.25, 0.3) is 0 Å². The molecule has 1 atom stereocenters. The summed E-state index contributed by atoms with van der Waals surface area (Å²) >= 11 is 0. The lowest BCUT2D eigenvalue weighted by atomic mass is 9.64. The van der Waals surface area contributed by atoms with Gasteiger partial charge in [-0.3, -0.25) is 0 Å². The molecule has 1 aliphatic rings. The Morgan fingerprint density at radius 1 is 0.706 bits per heavy atom. The van der Waals surface area contributed by atoms with Crippen molar-refractivity contribution in [3.63, 3.8) is 0 Å². The number of allylic oxidation sites excluding steroid dienone is 1. The molecule has 1 unspecified atom stereocenters. The fraction of sp³-hybridized carbons (Fsp3) is 0.875. The minimum atomic E-state index is -0.250. The molecule has 0 fully saturated rings. The van der Waals surface area contributed by atoms with E-state index in [1.807, 2.05) is 0 Å². The first-order chi connectivity index (χ1) is 16.2. The Kier molecular flexibility index (Phi) is 14.8. The fourth-order valence-corrected chi connectivity index (χ4v) is 4.90. The number of unbranched alkanes of at least 4 members (excludes halogenated alkanes) is 10. The predicted octanol–water partition coefficient (Wildman–Crippen LogP) is 10.6. The minimum Gasteiger partial charge on any atom is -0.494 e. The Bertz CT molecular complexity index is 598. The maximum Gasteiger partial charge on any atom is 0.118 e. The molecule has 0 saturated heterocycles. The smallest absolute Gasteiger partial charge is 0.118 e. The molecule has 200 valence electrons. The summed E-state index contributed by atoms with van der Waals surface area (Å²) in [6.07, 6.45) is 23.4. The van der Waals surface area contributed by atoms with Gasteiger partial charge in [-0.05, 0) is 54.2 Å². The van der Waals surface area contributed by atoms with Crippen LogP contribution in [0.15, 0.2) is 23.5 Å². The Morgan fingerprint density at radius 2 is 1.24 bits per heavy atom. The molecule has 0 aromatic carbocycles. The molecule has 2 nitrogen and oxygen atoms in total. The van der Waals surface area contributed by atoms with E-state index in [1.165, 1.54) is 69.8 Å². The molecule has 0 amide bonds. The van der Waals surface area contributed by atoms with Crippen LogP contribution in [0.4, 0.5) is 0 Å².